The van der Waals surface area contributed by atoms with Gasteiger partial charge in [0, 0.05) is 5.46 Å². The van der Waals surface area contributed by atoms with Crippen molar-refractivity contribution in [3.8, 4) is 5.75 Å². The zero-order chi connectivity index (χ0) is 15.1. The summed E-state index contributed by atoms with van der Waals surface area (Å²) in [5.74, 6) is -0.454. The fraction of sp³-hybridized carbons (Fsp3) is 0.571. The minimum absolute atomic E-state index is 0.0840. The number of hydrogen-bond donors (Lipinski definition) is 1. The van der Waals surface area contributed by atoms with Gasteiger partial charge in [-0.25, -0.2) is 4.39 Å². The maximum atomic E-state index is 14.0. The molecule has 4 nitrogen and oxygen atoms in total. The highest BCUT2D eigenvalue weighted by Crippen LogP contribution is 2.37. The van der Waals surface area contributed by atoms with Gasteiger partial charge in [-0.3, -0.25) is 0 Å². The summed E-state index contributed by atoms with van der Waals surface area (Å²) >= 11 is 0. The summed E-state index contributed by atoms with van der Waals surface area (Å²) in [4.78, 5) is 0. The molecule has 0 unspecified atom stereocenters. The van der Waals surface area contributed by atoms with E-state index in [9.17, 15) is 9.50 Å². The highest BCUT2D eigenvalue weighted by atomic mass is 19.1. The van der Waals surface area contributed by atoms with E-state index >= 15 is 0 Å². The van der Waals surface area contributed by atoms with E-state index in [1.54, 1.807) is 6.07 Å². The Morgan fingerprint density at radius 2 is 1.75 bits per heavy atom. The first-order valence-electron chi connectivity index (χ1n) is 6.54. The number of aliphatic hydroxyl groups is 1. The lowest BCUT2D eigenvalue weighted by atomic mass is 9.77. The quantitative estimate of drug-likeness (QED) is 0.856. The number of methoxy groups -OCH3 is 1. The Labute approximate surface area is 119 Å². The zero-order valence-electron chi connectivity index (χ0n) is 12.5. The molecule has 1 heterocycles. The van der Waals surface area contributed by atoms with E-state index in [1.807, 2.05) is 27.7 Å². The average Bonchev–Trinajstić information content (AvgIpc) is 2.57. The molecule has 1 aliphatic rings. The first kappa shape index (κ1) is 15.3. The van der Waals surface area contributed by atoms with Gasteiger partial charge in [0.25, 0.3) is 0 Å². The van der Waals surface area contributed by atoms with Crippen LogP contribution in [0.15, 0.2) is 12.1 Å². The van der Waals surface area contributed by atoms with Gasteiger partial charge in [0.05, 0.1) is 24.9 Å². The van der Waals surface area contributed by atoms with Crippen LogP contribution in [0.3, 0.4) is 0 Å². The van der Waals surface area contributed by atoms with Crippen molar-refractivity contribution in [1.82, 2.24) is 0 Å². The Hall–Kier alpha value is -1.11. The van der Waals surface area contributed by atoms with Gasteiger partial charge >= 0.3 is 7.12 Å². The summed E-state index contributed by atoms with van der Waals surface area (Å²) in [6.45, 7) is 7.43. The van der Waals surface area contributed by atoms with Crippen molar-refractivity contribution in [3.05, 3.63) is 23.5 Å². The minimum Gasteiger partial charge on any atom is -0.494 e. The number of aliphatic hydroxyl groups excluding tert-OH is 1. The molecule has 1 fully saturated rings. The summed E-state index contributed by atoms with van der Waals surface area (Å²) in [7, 11) is 0.669. The third-order valence-electron chi connectivity index (χ3n) is 4.03. The Kier molecular flexibility index (Phi) is 3.84. The number of hydrogen-bond acceptors (Lipinski definition) is 4. The van der Waals surface area contributed by atoms with Gasteiger partial charge in [-0.2, -0.15) is 0 Å². The number of halogens is 1. The fourth-order valence-corrected chi connectivity index (χ4v) is 2.12. The van der Waals surface area contributed by atoms with Crippen molar-refractivity contribution in [3.63, 3.8) is 0 Å². The summed E-state index contributed by atoms with van der Waals surface area (Å²) in [6.07, 6.45) is 0. The number of rotatable bonds is 3. The van der Waals surface area contributed by atoms with Crippen LogP contribution in [-0.4, -0.2) is 30.5 Å². The van der Waals surface area contributed by atoms with Crippen LogP contribution in [0.2, 0.25) is 0 Å². The summed E-state index contributed by atoms with van der Waals surface area (Å²) < 4.78 is 30.9. The molecule has 1 aromatic rings. The van der Waals surface area contributed by atoms with E-state index in [2.05, 4.69) is 0 Å². The third kappa shape index (κ3) is 2.43. The molecule has 2 rings (SSSR count). The topological polar surface area (TPSA) is 47.9 Å². The molecule has 1 aromatic carbocycles. The lowest BCUT2D eigenvalue weighted by molar-refractivity contribution is 0.00578. The molecule has 0 amide bonds. The second-order valence-corrected chi connectivity index (χ2v) is 5.95. The first-order chi connectivity index (χ1) is 9.21. The second kappa shape index (κ2) is 5.02. The molecule has 0 bridgehead atoms. The smallest absolute Gasteiger partial charge is 0.494 e. The van der Waals surface area contributed by atoms with Crippen molar-refractivity contribution < 1.29 is 23.5 Å². The van der Waals surface area contributed by atoms with Gasteiger partial charge in [-0.1, -0.05) is 6.07 Å². The molecule has 1 N–H and O–H groups in total. The van der Waals surface area contributed by atoms with E-state index in [-0.39, 0.29) is 12.4 Å². The number of benzene rings is 1. The molecule has 1 saturated heterocycles. The molecule has 0 radical (unpaired) electrons. The van der Waals surface area contributed by atoms with Gasteiger partial charge in [-0.15, -0.1) is 0 Å². The summed E-state index contributed by atoms with van der Waals surface area (Å²) in [5.41, 5.74) is -0.133. The predicted molar refractivity (Wildman–Crippen MR) is 74.6 cm³/mol. The van der Waals surface area contributed by atoms with Crippen LogP contribution in [0.25, 0.3) is 0 Å². The van der Waals surface area contributed by atoms with E-state index < -0.39 is 24.1 Å². The van der Waals surface area contributed by atoms with Gasteiger partial charge in [0.2, 0.25) is 0 Å². The van der Waals surface area contributed by atoms with Crippen molar-refractivity contribution in [1.29, 1.82) is 0 Å². The molecule has 1 aliphatic heterocycles. The van der Waals surface area contributed by atoms with Crippen molar-refractivity contribution in [2.24, 2.45) is 0 Å². The zero-order valence-corrected chi connectivity index (χ0v) is 12.5. The SMILES string of the molecule is COc1c(F)cc(CO)cc1B1OC(C)(C)C(C)(C)O1. The minimum atomic E-state index is -0.726. The molecule has 6 heteroatoms. The molecule has 0 spiro atoms. The van der Waals surface area contributed by atoms with Crippen LogP contribution >= 0.6 is 0 Å². The summed E-state index contributed by atoms with van der Waals surface area (Å²) in [6, 6.07) is 2.89. The monoisotopic (exact) mass is 282 g/mol. The van der Waals surface area contributed by atoms with E-state index in [4.69, 9.17) is 14.0 Å². The molecule has 0 saturated carbocycles. The van der Waals surface area contributed by atoms with E-state index in [1.165, 1.54) is 13.2 Å². The third-order valence-corrected chi connectivity index (χ3v) is 4.03. The van der Waals surface area contributed by atoms with Crippen LogP contribution < -0.4 is 10.2 Å². The molecule has 0 aliphatic carbocycles. The Bertz CT molecular complexity index is 500. The number of ether oxygens (including phenoxy) is 1. The Morgan fingerprint density at radius 3 is 2.20 bits per heavy atom. The largest absolute Gasteiger partial charge is 0.498 e. The maximum absolute atomic E-state index is 14.0. The highest BCUT2D eigenvalue weighted by molar-refractivity contribution is 6.63. The van der Waals surface area contributed by atoms with Gasteiger partial charge in [-0.05, 0) is 39.3 Å². The van der Waals surface area contributed by atoms with Crippen LogP contribution in [0, 0.1) is 5.82 Å². The molecular formula is C14H20BFO4. The molecule has 110 valence electrons. The van der Waals surface area contributed by atoms with Gasteiger partial charge in [0.1, 0.15) is 0 Å². The molecule has 0 aromatic heterocycles. The maximum Gasteiger partial charge on any atom is 0.498 e. The lowest BCUT2D eigenvalue weighted by Gasteiger charge is -2.32. The Morgan fingerprint density at radius 1 is 1.20 bits per heavy atom. The van der Waals surface area contributed by atoms with Crippen molar-refractivity contribution in [2.45, 2.75) is 45.5 Å². The van der Waals surface area contributed by atoms with Crippen molar-refractivity contribution in [2.75, 3.05) is 7.11 Å². The van der Waals surface area contributed by atoms with Crippen LogP contribution in [0.5, 0.6) is 5.75 Å². The Balaban J connectivity index is 2.46. The molecular weight excluding hydrogens is 262 g/mol. The van der Waals surface area contributed by atoms with Gasteiger partial charge in [0.15, 0.2) is 11.6 Å². The molecule has 0 atom stereocenters. The predicted octanol–water partition coefficient (Wildman–Crippen LogP) is 1.63. The van der Waals surface area contributed by atoms with E-state index in [0.29, 0.717) is 11.0 Å². The van der Waals surface area contributed by atoms with Crippen molar-refractivity contribution >= 4 is 12.6 Å². The van der Waals surface area contributed by atoms with Gasteiger partial charge < -0.3 is 19.2 Å². The fourth-order valence-electron chi connectivity index (χ4n) is 2.12. The normalized spacial score (nSPS) is 20.2. The van der Waals surface area contributed by atoms with Crippen LogP contribution in [-0.2, 0) is 15.9 Å². The first-order valence-corrected chi connectivity index (χ1v) is 6.54. The standard InChI is InChI=1S/C14H20BFO4/c1-13(2)14(3,4)20-15(19-13)10-6-9(8-17)7-11(16)12(10)18-5/h6-7,17H,8H2,1-5H3. The highest BCUT2D eigenvalue weighted by Gasteiger charge is 2.52. The van der Waals surface area contributed by atoms with E-state index in [0.717, 1.165) is 0 Å². The van der Waals surface area contributed by atoms with Crippen LogP contribution in [0.4, 0.5) is 4.39 Å². The van der Waals surface area contributed by atoms with Crippen LogP contribution in [0.1, 0.15) is 33.3 Å². The second-order valence-electron chi connectivity index (χ2n) is 5.95. The summed E-state index contributed by atoms with van der Waals surface area (Å²) in [5, 5.41) is 9.21. The lowest BCUT2D eigenvalue weighted by Crippen LogP contribution is -2.41. The molecule has 20 heavy (non-hydrogen) atoms. The average molecular weight is 282 g/mol.